The molecule has 1 aromatic rings. The lowest BCUT2D eigenvalue weighted by Crippen LogP contribution is -2.42. The number of carbonyl (C=O) groups is 1. The number of halogens is 1. The maximum Gasteiger partial charge on any atom is 0.255 e. The molecule has 19 heavy (non-hydrogen) atoms. The Balaban J connectivity index is 2.09. The molecule has 104 valence electrons. The average molecular weight is 267 g/mol. The van der Waals surface area contributed by atoms with Crippen molar-refractivity contribution in [2.75, 3.05) is 0 Å². The monoisotopic (exact) mass is 267 g/mol. The third-order valence-corrected chi connectivity index (χ3v) is 3.50. The predicted octanol–water partition coefficient (Wildman–Crippen LogP) is 1.95. The van der Waals surface area contributed by atoms with E-state index in [4.69, 9.17) is 0 Å². The first kappa shape index (κ1) is 13.8. The molecule has 3 N–H and O–H groups in total. The van der Waals surface area contributed by atoms with Crippen molar-refractivity contribution in [3.63, 3.8) is 0 Å². The zero-order valence-corrected chi connectivity index (χ0v) is 10.6. The van der Waals surface area contributed by atoms with E-state index in [1.165, 1.54) is 0 Å². The summed E-state index contributed by atoms with van der Waals surface area (Å²) in [7, 11) is 0. The van der Waals surface area contributed by atoms with E-state index in [1.54, 1.807) is 0 Å². The molecule has 4 nitrogen and oxygen atoms in total. The van der Waals surface area contributed by atoms with Crippen LogP contribution in [0.4, 0.5) is 4.39 Å². The second-order valence-electron chi connectivity index (χ2n) is 4.95. The minimum Gasteiger partial charge on any atom is -0.507 e. The van der Waals surface area contributed by atoms with Gasteiger partial charge >= 0.3 is 0 Å². The fourth-order valence-electron chi connectivity index (χ4n) is 2.39. The van der Waals surface area contributed by atoms with Crippen molar-refractivity contribution in [2.45, 2.75) is 44.2 Å². The summed E-state index contributed by atoms with van der Waals surface area (Å²) in [5.41, 5.74) is -0.101. The lowest BCUT2D eigenvalue weighted by molar-refractivity contribution is 0.0816. The van der Waals surface area contributed by atoms with Crippen LogP contribution in [0.1, 0.15) is 42.5 Å². The topological polar surface area (TPSA) is 69.6 Å². The molecule has 2 atom stereocenters. The lowest BCUT2D eigenvalue weighted by atomic mass is 10.1. The maximum atomic E-state index is 13.1. The number of amides is 1. The highest BCUT2D eigenvalue weighted by atomic mass is 19.1. The number of aliphatic hydroxyl groups excluding tert-OH is 1. The van der Waals surface area contributed by atoms with Gasteiger partial charge < -0.3 is 15.5 Å². The Morgan fingerprint density at radius 2 is 2.00 bits per heavy atom. The number of phenols is 1. The highest BCUT2D eigenvalue weighted by Gasteiger charge is 2.24. The van der Waals surface area contributed by atoms with E-state index in [0.29, 0.717) is 12.8 Å². The molecule has 0 spiro atoms. The Kier molecular flexibility index (Phi) is 4.37. The Morgan fingerprint density at radius 3 is 2.79 bits per heavy atom. The summed E-state index contributed by atoms with van der Waals surface area (Å²) in [6.07, 6.45) is 3.69. The van der Waals surface area contributed by atoms with E-state index in [0.717, 1.165) is 37.5 Å². The molecule has 0 aromatic heterocycles. The van der Waals surface area contributed by atoms with Gasteiger partial charge in [-0.05, 0) is 31.0 Å². The largest absolute Gasteiger partial charge is 0.507 e. The van der Waals surface area contributed by atoms with Crippen molar-refractivity contribution in [3.05, 3.63) is 29.6 Å². The van der Waals surface area contributed by atoms with Gasteiger partial charge in [-0.15, -0.1) is 0 Å². The molecule has 1 aliphatic carbocycles. The standard InChI is InChI=1S/C14H18FNO3/c15-9-6-7-12(17)10(8-9)14(19)16-11-4-2-1-3-5-13(11)18/h6-8,11,13,17-18H,1-5H2,(H,16,19). The molecular weight excluding hydrogens is 249 g/mol. The molecule has 2 rings (SSSR count). The van der Waals surface area contributed by atoms with Gasteiger partial charge in [-0.25, -0.2) is 4.39 Å². The first-order valence-corrected chi connectivity index (χ1v) is 6.55. The molecule has 0 saturated heterocycles. The number of phenolic OH excluding ortho intramolecular Hbond substituents is 1. The van der Waals surface area contributed by atoms with Crippen molar-refractivity contribution < 1.29 is 19.4 Å². The molecule has 2 unspecified atom stereocenters. The summed E-state index contributed by atoms with van der Waals surface area (Å²) in [6.45, 7) is 0. The third kappa shape index (κ3) is 3.44. The predicted molar refractivity (Wildman–Crippen MR) is 68.4 cm³/mol. The molecule has 1 amide bonds. The van der Waals surface area contributed by atoms with Crippen molar-refractivity contribution in [2.24, 2.45) is 0 Å². The molecule has 5 heteroatoms. The number of hydrogen-bond donors (Lipinski definition) is 3. The van der Waals surface area contributed by atoms with Crippen LogP contribution in [-0.2, 0) is 0 Å². The number of hydrogen-bond acceptors (Lipinski definition) is 3. The van der Waals surface area contributed by atoms with E-state index in [2.05, 4.69) is 5.32 Å². The average Bonchev–Trinajstić information content (AvgIpc) is 2.58. The minimum atomic E-state index is -0.581. The highest BCUT2D eigenvalue weighted by Crippen LogP contribution is 2.21. The fourth-order valence-corrected chi connectivity index (χ4v) is 2.39. The van der Waals surface area contributed by atoms with Gasteiger partial charge in [0.2, 0.25) is 0 Å². The summed E-state index contributed by atoms with van der Waals surface area (Å²) in [5, 5.41) is 22.2. The Hall–Kier alpha value is -1.62. The second kappa shape index (κ2) is 6.02. The molecule has 1 aliphatic rings. The fraction of sp³-hybridized carbons (Fsp3) is 0.500. The van der Waals surface area contributed by atoms with Crippen molar-refractivity contribution >= 4 is 5.91 Å². The van der Waals surface area contributed by atoms with Gasteiger partial charge in [0.25, 0.3) is 5.91 Å². The molecular formula is C14H18FNO3. The van der Waals surface area contributed by atoms with Gasteiger partial charge in [0.15, 0.2) is 0 Å². The highest BCUT2D eigenvalue weighted by molar-refractivity contribution is 5.97. The smallest absolute Gasteiger partial charge is 0.255 e. The van der Waals surface area contributed by atoms with E-state index in [9.17, 15) is 19.4 Å². The SMILES string of the molecule is O=C(NC1CCCCCC1O)c1cc(F)ccc1O. The van der Waals surface area contributed by atoms with Crippen LogP contribution in [0, 0.1) is 5.82 Å². The normalized spacial score (nSPS) is 23.7. The Bertz CT molecular complexity index is 464. The van der Waals surface area contributed by atoms with Crippen LogP contribution >= 0.6 is 0 Å². The molecule has 0 radical (unpaired) electrons. The number of rotatable bonds is 2. The van der Waals surface area contributed by atoms with Crippen LogP contribution in [0.25, 0.3) is 0 Å². The van der Waals surface area contributed by atoms with Gasteiger partial charge in [-0.3, -0.25) is 4.79 Å². The minimum absolute atomic E-state index is 0.101. The Morgan fingerprint density at radius 1 is 1.26 bits per heavy atom. The Labute approximate surface area is 111 Å². The first-order chi connectivity index (χ1) is 9.08. The van der Waals surface area contributed by atoms with Crippen LogP contribution in [0.2, 0.25) is 0 Å². The molecule has 1 saturated carbocycles. The zero-order valence-electron chi connectivity index (χ0n) is 10.6. The van der Waals surface area contributed by atoms with Gasteiger partial charge in [-0.1, -0.05) is 19.3 Å². The third-order valence-electron chi connectivity index (χ3n) is 3.50. The van der Waals surface area contributed by atoms with E-state index < -0.39 is 17.8 Å². The van der Waals surface area contributed by atoms with Crippen molar-refractivity contribution in [3.8, 4) is 5.75 Å². The van der Waals surface area contributed by atoms with Crippen LogP contribution in [0.15, 0.2) is 18.2 Å². The van der Waals surface area contributed by atoms with Crippen molar-refractivity contribution in [1.29, 1.82) is 0 Å². The summed E-state index contributed by atoms with van der Waals surface area (Å²) in [4.78, 5) is 12.0. The number of aliphatic hydroxyl groups is 1. The van der Waals surface area contributed by atoms with Gasteiger partial charge in [-0.2, -0.15) is 0 Å². The summed E-state index contributed by atoms with van der Waals surface area (Å²) >= 11 is 0. The van der Waals surface area contributed by atoms with Crippen LogP contribution < -0.4 is 5.32 Å². The number of aromatic hydroxyl groups is 1. The molecule has 1 aromatic carbocycles. The van der Waals surface area contributed by atoms with Crippen molar-refractivity contribution in [1.82, 2.24) is 5.32 Å². The molecule has 0 heterocycles. The van der Waals surface area contributed by atoms with Gasteiger partial charge in [0.05, 0.1) is 17.7 Å². The number of benzene rings is 1. The van der Waals surface area contributed by atoms with Gasteiger partial charge in [0.1, 0.15) is 11.6 Å². The quantitative estimate of drug-likeness (QED) is 0.717. The lowest BCUT2D eigenvalue weighted by Gasteiger charge is -2.22. The molecule has 1 fully saturated rings. The van der Waals surface area contributed by atoms with E-state index in [-0.39, 0.29) is 17.4 Å². The summed E-state index contributed by atoms with van der Waals surface area (Å²) in [5.74, 6) is -1.39. The van der Waals surface area contributed by atoms with Crippen LogP contribution in [-0.4, -0.2) is 28.3 Å². The number of carbonyl (C=O) groups excluding carboxylic acids is 1. The van der Waals surface area contributed by atoms with E-state index in [1.807, 2.05) is 0 Å². The summed E-state index contributed by atoms with van der Waals surface area (Å²) in [6, 6.07) is 2.89. The molecule has 0 bridgehead atoms. The molecule has 0 aliphatic heterocycles. The zero-order chi connectivity index (χ0) is 13.8. The van der Waals surface area contributed by atoms with E-state index >= 15 is 0 Å². The van der Waals surface area contributed by atoms with Crippen LogP contribution in [0.3, 0.4) is 0 Å². The van der Waals surface area contributed by atoms with Crippen LogP contribution in [0.5, 0.6) is 5.75 Å². The van der Waals surface area contributed by atoms with Gasteiger partial charge in [0, 0.05) is 0 Å². The first-order valence-electron chi connectivity index (χ1n) is 6.55. The maximum absolute atomic E-state index is 13.1. The second-order valence-corrected chi connectivity index (χ2v) is 4.95. The number of nitrogens with one attached hydrogen (secondary N) is 1. The summed E-state index contributed by atoms with van der Waals surface area (Å²) < 4.78 is 13.1.